The first kappa shape index (κ1) is 68.5. The first-order valence-corrected chi connectivity index (χ1v) is 29.7. The lowest BCUT2D eigenvalue weighted by Gasteiger charge is -2.46. The summed E-state index contributed by atoms with van der Waals surface area (Å²) >= 11 is 0. The molecule has 2 aliphatic rings. The van der Waals surface area contributed by atoms with Gasteiger partial charge in [-0.2, -0.15) is 0 Å². The van der Waals surface area contributed by atoms with E-state index in [1.807, 2.05) is 6.08 Å². The number of nitrogens with one attached hydrogen (secondary N) is 1. The van der Waals surface area contributed by atoms with Crippen LogP contribution in [0.25, 0.3) is 0 Å². The van der Waals surface area contributed by atoms with Gasteiger partial charge in [-0.1, -0.05) is 215 Å². The molecule has 1 amide bonds. The molecule has 2 saturated heterocycles. The first-order valence-electron chi connectivity index (χ1n) is 29.7. The van der Waals surface area contributed by atoms with Gasteiger partial charge in [0, 0.05) is 6.42 Å². The highest BCUT2D eigenvalue weighted by Gasteiger charge is 2.51. The van der Waals surface area contributed by atoms with Crippen LogP contribution in [0, 0.1) is 0 Å². The second-order valence-corrected chi connectivity index (χ2v) is 20.7. The van der Waals surface area contributed by atoms with Crippen LogP contribution >= 0.6 is 0 Å². The molecule has 0 saturated carbocycles. The molecule has 2 fully saturated rings. The summed E-state index contributed by atoms with van der Waals surface area (Å²) in [5.74, 6) is -0.244. The SMILES string of the molecule is CC/C=C\C/C=C\C/C=C\C/C=C\C/C=C\CCCCCCCCCCCCCCCC(=O)NC(COC1OC(CO)C(OC2OC(CO)C(O)C(O)C2O)C(O)C1O)C(O)/C=C/CCCCCCCCCCCC. The molecule has 2 aliphatic heterocycles. The Kier molecular flexibility index (Phi) is 42.4. The summed E-state index contributed by atoms with van der Waals surface area (Å²) in [6, 6.07) is -0.917. The molecule has 2 rings (SSSR count). The Hall–Kier alpha value is -2.57. The number of aliphatic hydroxyl groups is 8. The summed E-state index contributed by atoms with van der Waals surface area (Å²) in [5, 5.41) is 86.9. The number of ether oxygens (including phenoxy) is 4. The molecule has 14 heteroatoms. The zero-order chi connectivity index (χ0) is 54.6. The van der Waals surface area contributed by atoms with E-state index in [0.717, 1.165) is 77.0 Å². The van der Waals surface area contributed by atoms with E-state index in [-0.39, 0.29) is 18.9 Å². The second-order valence-electron chi connectivity index (χ2n) is 20.7. The third-order valence-electron chi connectivity index (χ3n) is 14.1. The van der Waals surface area contributed by atoms with Crippen LogP contribution in [0.4, 0.5) is 0 Å². The number of allylic oxidation sites excluding steroid dienone is 11. The minimum atomic E-state index is -1.79. The van der Waals surface area contributed by atoms with Crippen molar-refractivity contribution in [2.75, 3.05) is 19.8 Å². The molecule has 2 heterocycles. The van der Waals surface area contributed by atoms with E-state index < -0.39 is 86.8 Å². The fraction of sp³-hybridized carbons (Fsp3) is 0.787. The summed E-state index contributed by atoms with van der Waals surface area (Å²) in [6.07, 6.45) is 43.7. The Morgan fingerprint density at radius 2 is 0.920 bits per heavy atom. The summed E-state index contributed by atoms with van der Waals surface area (Å²) < 4.78 is 22.7. The molecule has 14 nitrogen and oxygen atoms in total. The van der Waals surface area contributed by atoms with Gasteiger partial charge >= 0.3 is 0 Å². The molecule has 434 valence electrons. The van der Waals surface area contributed by atoms with Gasteiger partial charge in [0.2, 0.25) is 5.91 Å². The Bertz CT molecular complexity index is 1530. The molecule has 0 aromatic heterocycles. The number of hydrogen-bond donors (Lipinski definition) is 9. The van der Waals surface area contributed by atoms with Gasteiger partial charge in [-0.15, -0.1) is 0 Å². The average molecular weight is 1060 g/mol. The number of carbonyl (C=O) groups is 1. The van der Waals surface area contributed by atoms with E-state index >= 15 is 0 Å². The Morgan fingerprint density at radius 3 is 1.41 bits per heavy atom. The van der Waals surface area contributed by atoms with E-state index in [4.69, 9.17) is 18.9 Å². The van der Waals surface area contributed by atoms with E-state index in [9.17, 15) is 45.6 Å². The normalized spacial score (nSPS) is 25.6. The van der Waals surface area contributed by atoms with Gasteiger partial charge in [-0.25, -0.2) is 0 Å². The average Bonchev–Trinajstić information content (AvgIpc) is 3.41. The van der Waals surface area contributed by atoms with Gasteiger partial charge in [0.05, 0.1) is 32.0 Å². The summed E-state index contributed by atoms with van der Waals surface area (Å²) in [6.45, 7) is 2.66. The number of rotatable bonds is 46. The van der Waals surface area contributed by atoms with Crippen molar-refractivity contribution < 1.29 is 64.6 Å². The van der Waals surface area contributed by atoms with Crippen molar-refractivity contribution in [1.82, 2.24) is 5.32 Å². The topological polar surface area (TPSA) is 228 Å². The van der Waals surface area contributed by atoms with Crippen molar-refractivity contribution in [2.45, 2.75) is 286 Å². The van der Waals surface area contributed by atoms with Crippen LogP contribution in [0.5, 0.6) is 0 Å². The molecular formula is C61H107NO13. The summed E-state index contributed by atoms with van der Waals surface area (Å²) in [5.41, 5.74) is 0. The second kappa shape index (κ2) is 46.4. The minimum absolute atomic E-state index is 0.244. The highest BCUT2D eigenvalue weighted by molar-refractivity contribution is 5.76. The molecule has 0 aromatic rings. The van der Waals surface area contributed by atoms with Crippen molar-refractivity contribution >= 4 is 5.91 Å². The standard InChI is InChI=1S/C61H107NO13/c1-3-5-7-9-11-13-15-17-18-19-20-21-22-23-24-25-26-27-28-29-30-31-32-33-35-37-39-41-43-45-53(66)62-49(50(65)44-42-40-38-36-34-16-14-12-10-8-6-4-2)48-72-60-58(71)56(69)59(52(47-64)74-60)75-61-57(70)55(68)54(67)51(46-63)73-61/h5,7,11,13,17-18,20-21,23-24,42,44,49-52,54-61,63-65,67-71H,3-4,6,8-10,12,14-16,19,22,25-41,43,45-48H2,1-2H3,(H,62,66)/b7-5-,13-11-,18-17-,21-20-,24-23-,44-42+. The quantitative estimate of drug-likeness (QED) is 0.0205. The van der Waals surface area contributed by atoms with Crippen molar-refractivity contribution in [3.63, 3.8) is 0 Å². The van der Waals surface area contributed by atoms with Gasteiger partial charge in [0.1, 0.15) is 48.8 Å². The van der Waals surface area contributed by atoms with Crippen LogP contribution in [0.1, 0.15) is 213 Å². The van der Waals surface area contributed by atoms with E-state index in [0.29, 0.717) is 6.42 Å². The molecular weight excluding hydrogens is 955 g/mol. The number of carbonyl (C=O) groups excluding carboxylic acids is 1. The molecule has 0 aliphatic carbocycles. The lowest BCUT2D eigenvalue weighted by Crippen LogP contribution is -2.65. The number of aliphatic hydroxyl groups excluding tert-OH is 8. The van der Waals surface area contributed by atoms with Gasteiger partial charge in [0.15, 0.2) is 12.6 Å². The maximum absolute atomic E-state index is 13.2. The zero-order valence-corrected chi connectivity index (χ0v) is 46.5. The molecule has 12 atom stereocenters. The van der Waals surface area contributed by atoms with Crippen LogP contribution < -0.4 is 5.32 Å². The number of hydrogen-bond acceptors (Lipinski definition) is 13. The molecule has 0 bridgehead atoms. The van der Waals surface area contributed by atoms with Crippen molar-refractivity contribution in [2.24, 2.45) is 0 Å². The van der Waals surface area contributed by atoms with Crippen LogP contribution in [-0.2, 0) is 23.7 Å². The van der Waals surface area contributed by atoms with Crippen molar-refractivity contribution in [3.8, 4) is 0 Å². The van der Waals surface area contributed by atoms with Gasteiger partial charge in [-0.3, -0.25) is 4.79 Å². The third-order valence-corrected chi connectivity index (χ3v) is 14.1. The molecule has 0 spiro atoms. The third kappa shape index (κ3) is 32.2. The van der Waals surface area contributed by atoms with E-state index in [1.54, 1.807) is 6.08 Å². The van der Waals surface area contributed by atoms with Crippen LogP contribution in [0.3, 0.4) is 0 Å². The highest BCUT2D eigenvalue weighted by atomic mass is 16.7. The number of unbranched alkanes of at least 4 members (excludes halogenated alkanes) is 23. The fourth-order valence-corrected chi connectivity index (χ4v) is 9.38. The van der Waals surface area contributed by atoms with Crippen molar-refractivity contribution in [1.29, 1.82) is 0 Å². The largest absolute Gasteiger partial charge is 0.394 e. The summed E-state index contributed by atoms with van der Waals surface area (Å²) in [7, 11) is 0. The van der Waals surface area contributed by atoms with Gasteiger partial charge in [0.25, 0.3) is 0 Å². The monoisotopic (exact) mass is 1060 g/mol. The predicted octanol–water partition coefficient (Wildman–Crippen LogP) is 9.94. The van der Waals surface area contributed by atoms with E-state index in [1.165, 1.54) is 109 Å². The number of amides is 1. The molecule has 12 unspecified atom stereocenters. The van der Waals surface area contributed by atoms with E-state index in [2.05, 4.69) is 79.9 Å². The Labute approximate surface area is 453 Å². The first-order chi connectivity index (χ1) is 36.6. The minimum Gasteiger partial charge on any atom is -0.394 e. The Morgan fingerprint density at radius 1 is 0.493 bits per heavy atom. The maximum Gasteiger partial charge on any atom is 0.220 e. The lowest BCUT2D eigenvalue weighted by molar-refractivity contribution is -0.359. The highest BCUT2D eigenvalue weighted by Crippen LogP contribution is 2.30. The molecule has 9 N–H and O–H groups in total. The van der Waals surface area contributed by atoms with Crippen LogP contribution in [0.2, 0.25) is 0 Å². The van der Waals surface area contributed by atoms with Crippen LogP contribution in [0.15, 0.2) is 72.9 Å². The van der Waals surface area contributed by atoms with Gasteiger partial charge < -0.3 is 65.1 Å². The smallest absolute Gasteiger partial charge is 0.220 e. The molecule has 75 heavy (non-hydrogen) atoms. The van der Waals surface area contributed by atoms with Gasteiger partial charge in [-0.05, 0) is 64.2 Å². The Balaban J connectivity index is 1.69. The fourth-order valence-electron chi connectivity index (χ4n) is 9.38. The lowest BCUT2D eigenvalue weighted by atomic mass is 9.97. The van der Waals surface area contributed by atoms with Crippen molar-refractivity contribution in [3.05, 3.63) is 72.9 Å². The maximum atomic E-state index is 13.2. The molecule has 0 aromatic carbocycles. The predicted molar refractivity (Wildman–Crippen MR) is 300 cm³/mol. The zero-order valence-electron chi connectivity index (χ0n) is 46.5. The van der Waals surface area contributed by atoms with Crippen LogP contribution in [-0.4, -0.2) is 140 Å². The summed E-state index contributed by atoms with van der Waals surface area (Å²) in [4.78, 5) is 13.2. The molecule has 0 radical (unpaired) electrons.